The lowest BCUT2D eigenvalue weighted by atomic mass is 10.2. The van der Waals surface area contributed by atoms with Gasteiger partial charge in [-0.05, 0) is 13.3 Å². The summed E-state index contributed by atoms with van der Waals surface area (Å²) < 4.78 is 5.10. The van der Waals surface area contributed by atoms with Crippen LogP contribution in [0, 0.1) is 0 Å². The summed E-state index contributed by atoms with van der Waals surface area (Å²) in [5.74, 6) is 0. The standard InChI is InChI=1S/C11H17Cl2N3O/c1-4-8(2)16(5-6-17-3)9-7-10(12)14-15-11(9)13/h7-8H,4-6H2,1-3H3. The minimum atomic E-state index is 0.336. The van der Waals surface area contributed by atoms with Gasteiger partial charge in [0.1, 0.15) is 0 Å². The van der Waals surface area contributed by atoms with Crippen LogP contribution in [-0.4, -0.2) is 36.5 Å². The summed E-state index contributed by atoms with van der Waals surface area (Å²) in [5.41, 5.74) is 0.804. The Labute approximate surface area is 112 Å². The van der Waals surface area contributed by atoms with Gasteiger partial charge in [-0.2, -0.15) is 0 Å². The van der Waals surface area contributed by atoms with E-state index in [-0.39, 0.29) is 0 Å². The van der Waals surface area contributed by atoms with Crippen LogP contribution in [0.5, 0.6) is 0 Å². The molecule has 0 aliphatic carbocycles. The molecule has 4 nitrogen and oxygen atoms in total. The van der Waals surface area contributed by atoms with Crippen LogP contribution in [0.3, 0.4) is 0 Å². The molecule has 0 fully saturated rings. The summed E-state index contributed by atoms with van der Waals surface area (Å²) in [6.07, 6.45) is 1.000. The lowest BCUT2D eigenvalue weighted by molar-refractivity contribution is 0.203. The van der Waals surface area contributed by atoms with Crippen molar-refractivity contribution in [2.24, 2.45) is 0 Å². The second kappa shape index (κ2) is 6.99. The smallest absolute Gasteiger partial charge is 0.175 e. The van der Waals surface area contributed by atoms with Crippen LogP contribution in [0.25, 0.3) is 0 Å². The molecule has 1 aromatic heterocycles. The summed E-state index contributed by atoms with van der Waals surface area (Å²) in [7, 11) is 1.67. The zero-order valence-corrected chi connectivity index (χ0v) is 11.8. The maximum Gasteiger partial charge on any atom is 0.175 e. The molecule has 0 bridgehead atoms. The van der Waals surface area contributed by atoms with Crippen molar-refractivity contribution >= 4 is 28.9 Å². The van der Waals surface area contributed by atoms with Crippen molar-refractivity contribution in [1.82, 2.24) is 10.2 Å². The van der Waals surface area contributed by atoms with Gasteiger partial charge >= 0.3 is 0 Å². The SMILES string of the molecule is CCC(C)N(CCOC)c1cc(Cl)nnc1Cl. The molecule has 0 spiro atoms. The minimum absolute atomic E-state index is 0.336. The van der Waals surface area contributed by atoms with E-state index in [9.17, 15) is 0 Å². The molecule has 0 saturated heterocycles. The third-order valence-electron chi connectivity index (χ3n) is 2.67. The Kier molecular flexibility index (Phi) is 5.95. The largest absolute Gasteiger partial charge is 0.383 e. The maximum absolute atomic E-state index is 6.06. The van der Waals surface area contributed by atoms with Gasteiger partial charge in [0.2, 0.25) is 0 Å². The Morgan fingerprint density at radius 2 is 2.12 bits per heavy atom. The molecule has 96 valence electrons. The highest BCUT2D eigenvalue weighted by molar-refractivity contribution is 6.33. The van der Waals surface area contributed by atoms with E-state index in [1.165, 1.54) is 0 Å². The maximum atomic E-state index is 6.06. The first-order valence-corrected chi connectivity index (χ1v) is 6.30. The zero-order chi connectivity index (χ0) is 12.8. The number of aromatic nitrogens is 2. The average molecular weight is 278 g/mol. The first-order chi connectivity index (χ1) is 8.10. The highest BCUT2D eigenvalue weighted by Gasteiger charge is 2.17. The van der Waals surface area contributed by atoms with E-state index in [1.807, 2.05) is 0 Å². The normalized spacial score (nSPS) is 12.5. The van der Waals surface area contributed by atoms with E-state index in [2.05, 4.69) is 28.9 Å². The number of nitrogens with zero attached hydrogens (tertiary/aromatic N) is 3. The number of anilines is 1. The van der Waals surface area contributed by atoms with Gasteiger partial charge in [0.25, 0.3) is 0 Å². The van der Waals surface area contributed by atoms with E-state index in [0.29, 0.717) is 23.0 Å². The summed E-state index contributed by atoms with van der Waals surface area (Å²) in [6.45, 7) is 5.61. The molecular weight excluding hydrogens is 261 g/mol. The molecule has 0 aliphatic heterocycles. The fourth-order valence-electron chi connectivity index (χ4n) is 1.53. The van der Waals surface area contributed by atoms with Gasteiger partial charge in [0, 0.05) is 25.8 Å². The van der Waals surface area contributed by atoms with Crippen LogP contribution in [0.15, 0.2) is 6.07 Å². The molecule has 1 aromatic rings. The topological polar surface area (TPSA) is 38.2 Å². The van der Waals surface area contributed by atoms with Crippen LogP contribution >= 0.6 is 23.2 Å². The first kappa shape index (κ1) is 14.5. The Hall–Kier alpha value is -0.580. The average Bonchev–Trinajstić information content (AvgIpc) is 2.33. The molecule has 0 radical (unpaired) electrons. The predicted octanol–water partition coefficient (Wildman–Crippen LogP) is 3.03. The quantitative estimate of drug-likeness (QED) is 0.801. The van der Waals surface area contributed by atoms with Gasteiger partial charge in [0.15, 0.2) is 10.3 Å². The molecule has 17 heavy (non-hydrogen) atoms. The molecule has 0 aliphatic rings. The molecule has 0 N–H and O–H groups in total. The minimum Gasteiger partial charge on any atom is -0.383 e. The fourth-order valence-corrected chi connectivity index (χ4v) is 1.88. The van der Waals surface area contributed by atoms with Crippen molar-refractivity contribution in [1.29, 1.82) is 0 Å². The highest BCUT2D eigenvalue weighted by atomic mass is 35.5. The van der Waals surface area contributed by atoms with Crippen LogP contribution < -0.4 is 4.90 Å². The van der Waals surface area contributed by atoms with E-state index < -0.39 is 0 Å². The van der Waals surface area contributed by atoms with E-state index >= 15 is 0 Å². The Bertz CT molecular complexity index is 363. The Morgan fingerprint density at radius 3 is 2.71 bits per heavy atom. The third kappa shape index (κ3) is 3.98. The van der Waals surface area contributed by atoms with Crippen LogP contribution in [0.4, 0.5) is 5.69 Å². The van der Waals surface area contributed by atoms with E-state index in [1.54, 1.807) is 13.2 Å². The first-order valence-electron chi connectivity index (χ1n) is 5.54. The predicted molar refractivity (Wildman–Crippen MR) is 71.0 cm³/mol. The molecule has 0 saturated carbocycles. The summed E-state index contributed by atoms with van der Waals surface area (Å²) in [4.78, 5) is 2.13. The van der Waals surface area contributed by atoms with E-state index in [0.717, 1.165) is 18.7 Å². The molecule has 1 heterocycles. The summed E-state index contributed by atoms with van der Waals surface area (Å²) in [5, 5.41) is 8.25. The zero-order valence-electron chi connectivity index (χ0n) is 10.3. The van der Waals surface area contributed by atoms with Crippen molar-refractivity contribution in [2.45, 2.75) is 26.3 Å². The third-order valence-corrected chi connectivity index (χ3v) is 3.12. The molecule has 6 heteroatoms. The Balaban J connectivity index is 2.98. The van der Waals surface area contributed by atoms with Crippen molar-refractivity contribution in [3.63, 3.8) is 0 Å². The molecular formula is C11H17Cl2N3O. The van der Waals surface area contributed by atoms with Crippen LogP contribution in [0.1, 0.15) is 20.3 Å². The second-order valence-electron chi connectivity index (χ2n) is 3.79. The lowest BCUT2D eigenvalue weighted by Gasteiger charge is -2.30. The number of methoxy groups -OCH3 is 1. The van der Waals surface area contributed by atoms with Crippen molar-refractivity contribution < 1.29 is 4.74 Å². The number of rotatable bonds is 6. The monoisotopic (exact) mass is 277 g/mol. The summed E-state index contributed by atoms with van der Waals surface area (Å²) >= 11 is 11.9. The second-order valence-corrected chi connectivity index (χ2v) is 4.53. The van der Waals surface area contributed by atoms with Crippen molar-refractivity contribution in [3.05, 3.63) is 16.4 Å². The van der Waals surface area contributed by atoms with Crippen LogP contribution in [-0.2, 0) is 4.74 Å². The van der Waals surface area contributed by atoms with Crippen LogP contribution in [0.2, 0.25) is 10.3 Å². The number of halogens is 2. The van der Waals surface area contributed by atoms with E-state index in [4.69, 9.17) is 27.9 Å². The summed E-state index contributed by atoms with van der Waals surface area (Å²) in [6, 6.07) is 2.07. The molecule has 1 atom stereocenters. The van der Waals surface area contributed by atoms with Crippen molar-refractivity contribution in [2.75, 3.05) is 25.2 Å². The van der Waals surface area contributed by atoms with Gasteiger partial charge in [-0.3, -0.25) is 0 Å². The molecule has 0 amide bonds. The van der Waals surface area contributed by atoms with Crippen molar-refractivity contribution in [3.8, 4) is 0 Å². The van der Waals surface area contributed by atoms with Gasteiger partial charge in [-0.1, -0.05) is 30.1 Å². The van der Waals surface area contributed by atoms with Gasteiger partial charge in [-0.25, -0.2) is 0 Å². The van der Waals surface area contributed by atoms with Gasteiger partial charge < -0.3 is 9.64 Å². The highest BCUT2D eigenvalue weighted by Crippen LogP contribution is 2.27. The Morgan fingerprint density at radius 1 is 1.41 bits per heavy atom. The van der Waals surface area contributed by atoms with Gasteiger partial charge in [-0.15, -0.1) is 10.2 Å². The number of hydrogen-bond donors (Lipinski definition) is 0. The molecule has 1 unspecified atom stereocenters. The fraction of sp³-hybridized carbons (Fsp3) is 0.636. The molecule has 0 aromatic carbocycles. The molecule has 1 rings (SSSR count). The number of hydrogen-bond acceptors (Lipinski definition) is 4. The van der Waals surface area contributed by atoms with Gasteiger partial charge in [0.05, 0.1) is 12.3 Å². The lowest BCUT2D eigenvalue weighted by Crippen LogP contribution is -2.35. The number of ether oxygens (including phenoxy) is 1.